The molecule has 1 saturated heterocycles. The summed E-state index contributed by atoms with van der Waals surface area (Å²) in [6, 6.07) is 7.67. The highest BCUT2D eigenvalue weighted by atomic mass is 35.5. The summed E-state index contributed by atoms with van der Waals surface area (Å²) >= 11 is 6.03. The lowest BCUT2D eigenvalue weighted by Gasteiger charge is -2.13. The van der Waals surface area contributed by atoms with Crippen molar-refractivity contribution in [2.24, 2.45) is 0 Å². The summed E-state index contributed by atoms with van der Waals surface area (Å²) in [5.74, 6) is 0.807. The topological polar surface area (TPSA) is 12.5 Å². The molecule has 0 spiro atoms. The van der Waals surface area contributed by atoms with Crippen molar-refractivity contribution in [2.45, 2.75) is 38.5 Å². The monoisotopic (exact) mass is 281 g/mol. The van der Waals surface area contributed by atoms with Gasteiger partial charge in [-0.1, -0.05) is 36.6 Å². The van der Waals surface area contributed by atoms with Gasteiger partial charge in [0.1, 0.15) is 5.75 Å². The van der Waals surface area contributed by atoms with Gasteiger partial charge < -0.3 is 9.64 Å². The third kappa shape index (κ3) is 5.42. The molecule has 1 fully saturated rings. The fourth-order valence-corrected chi connectivity index (χ4v) is 2.73. The van der Waals surface area contributed by atoms with Crippen LogP contribution in [0.5, 0.6) is 5.75 Å². The normalized spacial score (nSPS) is 15.8. The van der Waals surface area contributed by atoms with Gasteiger partial charge in [-0.2, -0.15) is 0 Å². The zero-order valence-corrected chi connectivity index (χ0v) is 12.4. The van der Waals surface area contributed by atoms with Gasteiger partial charge in [-0.05, 0) is 57.5 Å². The minimum absolute atomic E-state index is 0.705. The van der Waals surface area contributed by atoms with Gasteiger partial charge in [-0.25, -0.2) is 0 Å². The standard InChI is InChI=1S/C16H24ClNO/c17-15-9-3-4-10-16(15)19-14-8-2-1-5-11-18-12-6-7-13-18/h3-4,9-10H,1-2,5-8,11-14H2. The van der Waals surface area contributed by atoms with E-state index in [2.05, 4.69) is 4.90 Å². The van der Waals surface area contributed by atoms with Crippen molar-refractivity contribution in [2.75, 3.05) is 26.2 Å². The first kappa shape index (κ1) is 14.7. The van der Waals surface area contributed by atoms with E-state index < -0.39 is 0 Å². The molecule has 19 heavy (non-hydrogen) atoms. The molecular formula is C16H24ClNO. The fraction of sp³-hybridized carbons (Fsp3) is 0.625. The third-order valence-electron chi connectivity index (χ3n) is 3.66. The van der Waals surface area contributed by atoms with Gasteiger partial charge in [0, 0.05) is 0 Å². The maximum atomic E-state index is 6.03. The lowest BCUT2D eigenvalue weighted by atomic mass is 10.2. The minimum atomic E-state index is 0.705. The summed E-state index contributed by atoms with van der Waals surface area (Å²) in [6.45, 7) is 4.68. The SMILES string of the molecule is Clc1ccccc1OCCCCCCN1CCCC1. The Bertz CT molecular complexity index is 364. The molecule has 1 aromatic carbocycles. The molecule has 0 N–H and O–H groups in total. The molecule has 1 heterocycles. The summed E-state index contributed by atoms with van der Waals surface area (Å²) in [5, 5.41) is 0.705. The van der Waals surface area contributed by atoms with Crippen LogP contribution in [0.3, 0.4) is 0 Å². The van der Waals surface area contributed by atoms with Crippen molar-refractivity contribution in [3.8, 4) is 5.75 Å². The molecule has 0 saturated carbocycles. The molecule has 106 valence electrons. The average Bonchev–Trinajstić information content (AvgIpc) is 2.93. The molecule has 3 heteroatoms. The number of hydrogen-bond acceptors (Lipinski definition) is 2. The van der Waals surface area contributed by atoms with Crippen molar-refractivity contribution in [1.29, 1.82) is 0 Å². The maximum absolute atomic E-state index is 6.03. The smallest absolute Gasteiger partial charge is 0.137 e. The molecule has 2 rings (SSSR count). The largest absolute Gasteiger partial charge is 0.492 e. The molecule has 0 bridgehead atoms. The third-order valence-corrected chi connectivity index (χ3v) is 3.97. The number of likely N-dealkylation sites (tertiary alicyclic amines) is 1. The van der Waals surface area contributed by atoms with E-state index in [0.29, 0.717) is 5.02 Å². The first-order valence-corrected chi connectivity index (χ1v) is 7.84. The van der Waals surface area contributed by atoms with Crippen LogP contribution < -0.4 is 4.74 Å². The van der Waals surface area contributed by atoms with Crippen LogP contribution in [0, 0.1) is 0 Å². The van der Waals surface area contributed by atoms with E-state index in [1.54, 1.807) is 0 Å². The zero-order valence-electron chi connectivity index (χ0n) is 11.6. The summed E-state index contributed by atoms with van der Waals surface area (Å²) in [6.07, 6.45) is 7.79. The van der Waals surface area contributed by atoms with Gasteiger partial charge in [0.05, 0.1) is 11.6 Å². The van der Waals surface area contributed by atoms with Crippen molar-refractivity contribution in [3.05, 3.63) is 29.3 Å². The summed E-state index contributed by atoms with van der Waals surface area (Å²) in [7, 11) is 0. The number of nitrogens with zero attached hydrogens (tertiary/aromatic N) is 1. The Hall–Kier alpha value is -0.730. The van der Waals surface area contributed by atoms with Crippen LogP contribution in [-0.2, 0) is 0 Å². The van der Waals surface area contributed by atoms with Gasteiger partial charge in [-0.15, -0.1) is 0 Å². The van der Waals surface area contributed by atoms with Crippen molar-refractivity contribution < 1.29 is 4.74 Å². The van der Waals surface area contributed by atoms with Gasteiger partial charge in [0.15, 0.2) is 0 Å². The molecule has 0 amide bonds. The highest BCUT2D eigenvalue weighted by Gasteiger charge is 2.09. The Morgan fingerprint density at radius 1 is 1.00 bits per heavy atom. The molecule has 0 aromatic heterocycles. The van der Waals surface area contributed by atoms with E-state index in [1.165, 1.54) is 51.7 Å². The molecule has 1 aliphatic rings. The van der Waals surface area contributed by atoms with E-state index in [0.717, 1.165) is 18.8 Å². The predicted octanol–water partition coefficient (Wildman–Crippen LogP) is 4.38. The van der Waals surface area contributed by atoms with Crippen molar-refractivity contribution in [1.82, 2.24) is 4.90 Å². The second-order valence-corrected chi connectivity index (χ2v) is 5.65. The number of para-hydroxylation sites is 1. The highest BCUT2D eigenvalue weighted by molar-refractivity contribution is 6.32. The molecule has 0 radical (unpaired) electrons. The van der Waals surface area contributed by atoms with Crippen LogP contribution >= 0.6 is 11.6 Å². The number of rotatable bonds is 8. The number of benzene rings is 1. The van der Waals surface area contributed by atoms with Crippen LogP contribution in [0.4, 0.5) is 0 Å². The fourth-order valence-electron chi connectivity index (χ4n) is 2.54. The van der Waals surface area contributed by atoms with Gasteiger partial charge in [0.2, 0.25) is 0 Å². The van der Waals surface area contributed by atoms with Gasteiger partial charge in [0.25, 0.3) is 0 Å². The Labute approximate surface area is 121 Å². The molecule has 0 unspecified atom stereocenters. The Balaban J connectivity index is 1.47. The first-order chi connectivity index (χ1) is 9.36. The van der Waals surface area contributed by atoms with Crippen LogP contribution in [0.25, 0.3) is 0 Å². The molecule has 2 nitrogen and oxygen atoms in total. The molecule has 0 aliphatic carbocycles. The van der Waals surface area contributed by atoms with Crippen LogP contribution in [0.1, 0.15) is 38.5 Å². The van der Waals surface area contributed by atoms with E-state index >= 15 is 0 Å². The summed E-state index contributed by atoms with van der Waals surface area (Å²) in [4.78, 5) is 2.58. The first-order valence-electron chi connectivity index (χ1n) is 7.46. The zero-order chi connectivity index (χ0) is 13.3. The molecule has 0 atom stereocenters. The van der Waals surface area contributed by atoms with E-state index in [9.17, 15) is 0 Å². The highest BCUT2D eigenvalue weighted by Crippen LogP contribution is 2.23. The number of halogens is 1. The van der Waals surface area contributed by atoms with Crippen molar-refractivity contribution >= 4 is 11.6 Å². The maximum Gasteiger partial charge on any atom is 0.137 e. The number of ether oxygens (including phenoxy) is 1. The average molecular weight is 282 g/mol. The van der Waals surface area contributed by atoms with Gasteiger partial charge >= 0.3 is 0 Å². The van der Waals surface area contributed by atoms with Crippen LogP contribution in [-0.4, -0.2) is 31.1 Å². The number of hydrogen-bond donors (Lipinski definition) is 0. The number of unbranched alkanes of at least 4 members (excludes halogenated alkanes) is 3. The van der Waals surface area contributed by atoms with Crippen LogP contribution in [0.15, 0.2) is 24.3 Å². The second-order valence-electron chi connectivity index (χ2n) is 5.24. The predicted molar refractivity (Wildman–Crippen MR) is 81.1 cm³/mol. The van der Waals surface area contributed by atoms with E-state index in [-0.39, 0.29) is 0 Å². The second kappa shape index (κ2) is 8.44. The van der Waals surface area contributed by atoms with E-state index in [1.807, 2.05) is 24.3 Å². The molecule has 1 aliphatic heterocycles. The lowest BCUT2D eigenvalue weighted by molar-refractivity contribution is 0.297. The molecule has 1 aromatic rings. The Kier molecular flexibility index (Phi) is 6.52. The minimum Gasteiger partial charge on any atom is -0.492 e. The quantitative estimate of drug-likeness (QED) is 0.656. The molecular weight excluding hydrogens is 258 g/mol. The Morgan fingerprint density at radius 2 is 1.74 bits per heavy atom. The van der Waals surface area contributed by atoms with E-state index in [4.69, 9.17) is 16.3 Å². The summed E-state index contributed by atoms with van der Waals surface area (Å²) < 4.78 is 5.67. The lowest BCUT2D eigenvalue weighted by Crippen LogP contribution is -2.20. The Morgan fingerprint density at radius 3 is 2.53 bits per heavy atom. The summed E-state index contributed by atoms with van der Waals surface area (Å²) in [5.41, 5.74) is 0. The van der Waals surface area contributed by atoms with Crippen molar-refractivity contribution in [3.63, 3.8) is 0 Å². The van der Waals surface area contributed by atoms with Gasteiger partial charge in [-0.3, -0.25) is 0 Å². The van der Waals surface area contributed by atoms with Crippen LogP contribution in [0.2, 0.25) is 5.02 Å².